The van der Waals surface area contributed by atoms with Crippen molar-refractivity contribution in [3.63, 3.8) is 0 Å². The van der Waals surface area contributed by atoms with Gasteiger partial charge in [0.1, 0.15) is 23.1 Å². The van der Waals surface area contributed by atoms with Gasteiger partial charge in [-0.3, -0.25) is 0 Å². The van der Waals surface area contributed by atoms with E-state index in [9.17, 15) is 4.39 Å². The van der Waals surface area contributed by atoms with E-state index in [4.69, 9.17) is 21.1 Å². The Balaban J connectivity index is 1.86. The van der Waals surface area contributed by atoms with Crippen molar-refractivity contribution in [1.82, 2.24) is 9.97 Å². The summed E-state index contributed by atoms with van der Waals surface area (Å²) in [5.41, 5.74) is 2.06. The Labute approximate surface area is 161 Å². The van der Waals surface area contributed by atoms with Crippen LogP contribution in [0.3, 0.4) is 0 Å². The third-order valence-electron chi connectivity index (χ3n) is 3.70. The van der Waals surface area contributed by atoms with Gasteiger partial charge in [0.05, 0.1) is 24.9 Å². The number of hydrogen-bond acceptors (Lipinski definition) is 6. The lowest BCUT2D eigenvalue weighted by atomic mass is 10.2. The molecule has 140 valence electrons. The number of ether oxygens (including phenoxy) is 2. The topological polar surface area (TPSA) is 68.3 Å². The van der Waals surface area contributed by atoms with Crippen LogP contribution in [0.1, 0.15) is 5.69 Å². The fourth-order valence-electron chi connectivity index (χ4n) is 2.43. The highest BCUT2D eigenvalue weighted by molar-refractivity contribution is 6.31. The number of anilines is 4. The maximum Gasteiger partial charge on any atom is 0.229 e. The van der Waals surface area contributed by atoms with Gasteiger partial charge in [0.15, 0.2) is 0 Å². The smallest absolute Gasteiger partial charge is 0.229 e. The summed E-state index contributed by atoms with van der Waals surface area (Å²) < 4.78 is 23.9. The number of hydrogen-bond donors (Lipinski definition) is 2. The second-order valence-corrected chi connectivity index (χ2v) is 6.07. The molecule has 2 aromatic carbocycles. The van der Waals surface area contributed by atoms with Crippen molar-refractivity contribution in [3.8, 4) is 11.5 Å². The van der Waals surface area contributed by atoms with Gasteiger partial charge in [-0.05, 0) is 37.3 Å². The Bertz CT molecular complexity index is 968. The van der Waals surface area contributed by atoms with Crippen molar-refractivity contribution >= 4 is 34.7 Å². The molecule has 8 heteroatoms. The number of benzene rings is 2. The van der Waals surface area contributed by atoms with Crippen molar-refractivity contribution in [2.75, 3.05) is 24.9 Å². The number of rotatable bonds is 6. The average Bonchev–Trinajstić information content (AvgIpc) is 2.64. The van der Waals surface area contributed by atoms with Crippen LogP contribution in [0.2, 0.25) is 5.02 Å². The fourth-order valence-corrected chi connectivity index (χ4v) is 2.61. The molecule has 0 amide bonds. The molecule has 0 spiro atoms. The average molecular weight is 389 g/mol. The summed E-state index contributed by atoms with van der Waals surface area (Å²) in [7, 11) is 3.17. The lowest BCUT2D eigenvalue weighted by molar-refractivity contribution is 0.395. The summed E-state index contributed by atoms with van der Waals surface area (Å²) in [4.78, 5) is 8.78. The normalized spacial score (nSPS) is 10.4. The van der Waals surface area contributed by atoms with Gasteiger partial charge < -0.3 is 20.1 Å². The van der Waals surface area contributed by atoms with E-state index in [0.29, 0.717) is 29.0 Å². The molecule has 6 nitrogen and oxygen atoms in total. The number of nitrogens with one attached hydrogen (secondary N) is 2. The summed E-state index contributed by atoms with van der Waals surface area (Å²) in [5.74, 6) is 1.74. The molecule has 27 heavy (non-hydrogen) atoms. The van der Waals surface area contributed by atoms with Crippen LogP contribution in [-0.4, -0.2) is 24.2 Å². The molecular formula is C19H18ClFN4O2. The first-order valence-corrected chi connectivity index (χ1v) is 8.43. The van der Waals surface area contributed by atoms with E-state index in [-0.39, 0.29) is 5.02 Å². The molecule has 0 unspecified atom stereocenters. The van der Waals surface area contributed by atoms with Gasteiger partial charge in [0.2, 0.25) is 5.95 Å². The molecule has 0 radical (unpaired) electrons. The fraction of sp³-hybridized carbons (Fsp3) is 0.158. The second-order valence-electron chi connectivity index (χ2n) is 5.66. The predicted molar refractivity (Wildman–Crippen MR) is 104 cm³/mol. The van der Waals surface area contributed by atoms with E-state index in [0.717, 1.165) is 11.4 Å². The Morgan fingerprint density at radius 2 is 1.78 bits per heavy atom. The molecule has 0 atom stereocenters. The molecular weight excluding hydrogens is 371 g/mol. The number of methoxy groups -OCH3 is 2. The van der Waals surface area contributed by atoms with Gasteiger partial charge in [-0.2, -0.15) is 4.98 Å². The predicted octanol–water partition coefficient (Wildman–Crippen LogP) is 5.08. The summed E-state index contributed by atoms with van der Waals surface area (Å²) in [6.07, 6.45) is 0. The molecule has 1 aromatic heterocycles. The minimum absolute atomic E-state index is 0.0222. The molecule has 2 N–H and O–H groups in total. The van der Waals surface area contributed by atoms with E-state index in [2.05, 4.69) is 20.6 Å². The van der Waals surface area contributed by atoms with Crippen LogP contribution < -0.4 is 20.1 Å². The highest BCUT2D eigenvalue weighted by atomic mass is 35.5. The summed E-state index contributed by atoms with van der Waals surface area (Å²) in [5, 5.41) is 6.25. The van der Waals surface area contributed by atoms with Crippen molar-refractivity contribution in [3.05, 3.63) is 59.0 Å². The second kappa shape index (κ2) is 8.09. The first-order valence-electron chi connectivity index (χ1n) is 8.05. The zero-order chi connectivity index (χ0) is 19.4. The van der Waals surface area contributed by atoms with E-state index >= 15 is 0 Å². The Hall–Kier alpha value is -3.06. The molecule has 0 aliphatic heterocycles. The van der Waals surface area contributed by atoms with E-state index < -0.39 is 5.82 Å². The monoisotopic (exact) mass is 388 g/mol. The van der Waals surface area contributed by atoms with Crippen molar-refractivity contribution in [2.24, 2.45) is 0 Å². The maximum absolute atomic E-state index is 13.3. The first-order chi connectivity index (χ1) is 13.0. The Morgan fingerprint density at radius 3 is 2.48 bits per heavy atom. The third kappa shape index (κ3) is 4.57. The number of aromatic nitrogens is 2. The van der Waals surface area contributed by atoms with Crippen molar-refractivity contribution in [1.29, 1.82) is 0 Å². The van der Waals surface area contributed by atoms with Gasteiger partial charge >= 0.3 is 0 Å². The highest BCUT2D eigenvalue weighted by Crippen LogP contribution is 2.31. The summed E-state index contributed by atoms with van der Waals surface area (Å²) >= 11 is 5.82. The number of aryl methyl sites for hydroxylation is 1. The maximum atomic E-state index is 13.3. The zero-order valence-electron chi connectivity index (χ0n) is 15.0. The minimum Gasteiger partial charge on any atom is -0.497 e. The van der Waals surface area contributed by atoms with Gasteiger partial charge in [-0.1, -0.05) is 11.6 Å². The highest BCUT2D eigenvalue weighted by Gasteiger charge is 2.09. The Morgan fingerprint density at radius 1 is 0.963 bits per heavy atom. The van der Waals surface area contributed by atoms with Crippen LogP contribution in [0.25, 0.3) is 0 Å². The quantitative estimate of drug-likeness (QED) is 0.613. The largest absolute Gasteiger partial charge is 0.497 e. The molecule has 3 rings (SSSR count). The molecule has 0 saturated heterocycles. The number of nitrogens with zero attached hydrogens (tertiary/aromatic N) is 2. The van der Waals surface area contributed by atoms with E-state index in [1.165, 1.54) is 12.1 Å². The zero-order valence-corrected chi connectivity index (χ0v) is 15.8. The van der Waals surface area contributed by atoms with Gasteiger partial charge in [0, 0.05) is 23.5 Å². The first kappa shape index (κ1) is 18.7. The SMILES string of the molecule is COc1ccc(Nc2cc(C)nc(Nc3ccc(F)c(Cl)c3)n2)c(OC)c1. The molecule has 0 saturated carbocycles. The molecule has 0 aliphatic rings. The van der Waals surface area contributed by atoms with Gasteiger partial charge in [-0.25, -0.2) is 9.37 Å². The summed E-state index contributed by atoms with van der Waals surface area (Å²) in [6, 6.07) is 11.5. The molecule has 0 aliphatic carbocycles. The van der Waals surface area contributed by atoms with E-state index in [1.54, 1.807) is 32.4 Å². The van der Waals surface area contributed by atoms with Crippen LogP contribution in [-0.2, 0) is 0 Å². The van der Waals surface area contributed by atoms with Crippen LogP contribution in [0.4, 0.5) is 27.5 Å². The Kier molecular flexibility index (Phi) is 5.61. The molecule has 3 aromatic rings. The van der Waals surface area contributed by atoms with Crippen LogP contribution in [0, 0.1) is 12.7 Å². The third-order valence-corrected chi connectivity index (χ3v) is 3.99. The number of halogens is 2. The van der Waals surface area contributed by atoms with Crippen molar-refractivity contribution < 1.29 is 13.9 Å². The lowest BCUT2D eigenvalue weighted by Crippen LogP contribution is -2.03. The summed E-state index contributed by atoms with van der Waals surface area (Å²) in [6.45, 7) is 1.85. The standard InChI is InChI=1S/C19H18ClFN4O2/c1-11-8-18(24-16-7-5-13(26-2)10-17(16)27-3)25-19(22-11)23-12-4-6-15(21)14(20)9-12/h4-10H,1-3H3,(H2,22,23,24,25). The molecule has 1 heterocycles. The molecule has 0 bridgehead atoms. The van der Waals surface area contributed by atoms with E-state index in [1.807, 2.05) is 19.1 Å². The van der Waals surface area contributed by atoms with Crippen LogP contribution in [0.15, 0.2) is 42.5 Å². The van der Waals surface area contributed by atoms with Crippen molar-refractivity contribution in [2.45, 2.75) is 6.92 Å². The lowest BCUT2D eigenvalue weighted by Gasteiger charge is -2.13. The van der Waals surface area contributed by atoms with Gasteiger partial charge in [0.25, 0.3) is 0 Å². The molecule has 0 fully saturated rings. The van der Waals surface area contributed by atoms with Gasteiger partial charge in [-0.15, -0.1) is 0 Å². The van der Waals surface area contributed by atoms with Crippen LogP contribution in [0.5, 0.6) is 11.5 Å². The van der Waals surface area contributed by atoms with Crippen LogP contribution >= 0.6 is 11.6 Å². The minimum atomic E-state index is -0.485.